The van der Waals surface area contributed by atoms with Crippen LogP contribution in [0.15, 0.2) is 16.3 Å². The zero-order valence-electron chi connectivity index (χ0n) is 15.6. The van der Waals surface area contributed by atoms with Crippen molar-refractivity contribution in [1.82, 2.24) is 29.4 Å². The average molecular weight is 447 g/mol. The van der Waals surface area contributed by atoms with E-state index in [1.54, 1.807) is 28.2 Å². The van der Waals surface area contributed by atoms with Crippen LogP contribution in [0.1, 0.15) is 25.1 Å². The maximum Gasteiger partial charge on any atom is 0.252 e. The molecule has 0 aromatic carbocycles. The van der Waals surface area contributed by atoms with Crippen molar-refractivity contribution in [2.75, 3.05) is 39.9 Å². The Kier molecular flexibility index (Phi) is 5.73. The Hall–Kier alpha value is -1.11. The number of rotatable bonds is 7. The number of aromatic nitrogens is 4. The van der Waals surface area contributed by atoms with Crippen molar-refractivity contribution < 1.29 is 13.2 Å². The van der Waals surface area contributed by atoms with Crippen molar-refractivity contribution in [2.24, 2.45) is 0 Å². The number of tetrazole rings is 1. The Morgan fingerprint density at radius 3 is 2.75 bits per heavy atom. The molecule has 0 aliphatic carbocycles. The van der Waals surface area contributed by atoms with Gasteiger partial charge in [-0.05, 0) is 54.9 Å². The summed E-state index contributed by atoms with van der Waals surface area (Å²) < 4.78 is 35.5. The lowest BCUT2D eigenvalue weighted by molar-refractivity contribution is 0.108. The molecular formula is C16H23ClN6O3S2. The highest BCUT2D eigenvalue weighted by Crippen LogP contribution is 2.41. The Balaban J connectivity index is 1.68. The third-order valence-corrected chi connectivity index (χ3v) is 9.07. The fourth-order valence-corrected chi connectivity index (χ4v) is 7.25. The van der Waals surface area contributed by atoms with Gasteiger partial charge in [-0.2, -0.15) is 4.31 Å². The van der Waals surface area contributed by atoms with Gasteiger partial charge in [0.2, 0.25) is 0 Å². The Bertz CT molecular complexity index is 926. The number of sulfonamides is 1. The highest BCUT2D eigenvalue weighted by molar-refractivity contribution is 7.91. The molecule has 2 aliphatic rings. The molecule has 2 fully saturated rings. The molecule has 12 heteroatoms. The molecule has 2 aromatic heterocycles. The first kappa shape index (κ1) is 20.2. The van der Waals surface area contributed by atoms with Gasteiger partial charge in [0.1, 0.15) is 4.21 Å². The molecule has 9 nitrogen and oxygen atoms in total. The smallest absolute Gasteiger partial charge is 0.252 e. The monoisotopic (exact) mass is 446 g/mol. The minimum absolute atomic E-state index is 0.272. The van der Waals surface area contributed by atoms with Crippen LogP contribution >= 0.6 is 22.9 Å². The first-order valence-electron chi connectivity index (χ1n) is 9.23. The summed E-state index contributed by atoms with van der Waals surface area (Å²) in [6.07, 6.45) is 2.84. The van der Waals surface area contributed by atoms with Crippen LogP contribution in [-0.4, -0.2) is 77.7 Å². The van der Waals surface area contributed by atoms with Gasteiger partial charge < -0.3 is 4.74 Å². The molecule has 154 valence electrons. The van der Waals surface area contributed by atoms with E-state index in [0.29, 0.717) is 42.8 Å². The van der Waals surface area contributed by atoms with Crippen molar-refractivity contribution in [3.63, 3.8) is 0 Å². The van der Waals surface area contributed by atoms with Crippen LogP contribution in [0.25, 0.3) is 0 Å². The van der Waals surface area contributed by atoms with Crippen molar-refractivity contribution in [2.45, 2.75) is 35.6 Å². The summed E-state index contributed by atoms with van der Waals surface area (Å²) >= 11 is 7.05. The van der Waals surface area contributed by atoms with Crippen molar-refractivity contribution in [3.05, 3.63) is 22.3 Å². The zero-order chi connectivity index (χ0) is 19.8. The van der Waals surface area contributed by atoms with Crippen LogP contribution in [0.4, 0.5) is 0 Å². The van der Waals surface area contributed by atoms with Crippen LogP contribution < -0.4 is 0 Å². The summed E-state index contributed by atoms with van der Waals surface area (Å²) in [6, 6.07) is 3.19. The summed E-state index contributed by atoms with van der Waals surface area (Å²) in [5.41, 5.74) is -0.526. The molecule has 2 aromatic rings. The molecule has 0 radical (unpaired) electrons. The first-order chi connectivity index (χ1) is 13.5. The molecule has 2 aliphatic heterocycles. The van der Waals surface area contributed by atoms with E-state index in [9.17, 15) is 8.42 Å². The number of ether oxygens (including phenoxy) is 1. The number of methoxy groups -OCH3 is 1. The topological polar surface area (TPSA) is 93.4 Å². The van der Waals surface area contributed by atoms with E-state index < -0.39 is 15.6 Å². The van der Waals surface area contributed by atoms with Gasteiger partial charge in [0.05, 0.1) is 23.0 Å². The van der Waals surface area contributed by atoms with Gasteiger partial charge in [-0.3, -0.25) is 4.90 Å². The predicted molar refractivity (Wildman–Crippen MR) is 105 cm³/mol. The van der Waals surface area contributed by atoms with Crippen molar-refractivity contribution in [1.29, 1.82) is 0 Å². The number of thiophene rings is 1. The quantitative estimate of drug-likeness (QED) is 0.634. The summed E-state index contributed by atoms with van der Waals surface area (Å²) in [4.78, 5) is 2.35. The van der Waals surface area contributed by atoms with E-state index >= 15 is 0 Å². The highest BCUT2D eigenvalue weighted by atomic mass is 35.5. The van der Waals surface area contributed by atoms with Gasteiger partial charge in [-0.1, -0.05) is 11.6 Å². The lowest BCUT2D eigenvalue weighted by Gasteiger charge is -2.37. The maximum atomic E-state index is 13.2. The summed E-state index contributed by atoms with van der Waals surface area (Å²) in [5, 5.41) is 12.3. The molecular weight excluding hydrogens is 424 g/mol. The fraction of sp³-hybridized carbons (Fsp3) is 0.688. The molecule has 0 saturated carbocycles. The number of nitrogens with zero attached hydrogens (tertiary/aromatic N) is 6. The van der Waals surface area contributed by atoms with Crippen LogP contribution in [0.2, 0.25) is 4.34 Å². The number of hydrogen-bond acceptors (Lipinski definition) is 8. The fourth-order valence-electron chi connectivity index (χ4n) is 4.12. The minimum Gasteiger partial charge on any atom is -0.383 e. The molecule has 28 heavy (non-hydrogen) atoms. The Labute approximate surface area is 173 Å². The molecule has 1 unspecified atom stereocenters. The second-order valence-electron chi connectivity index (χ2n) is 7.09. The second kappa shape index (κ2) is 7.96. The van der Waals surface area contributed by atoms with Crippen LogP contribution in [0.3, 0.4) is 0 Å². The molecule has 2 saturated heterocycles. The molecule has 1 atom stereocenters. The Morgan fingerprint density at radius 1 is 1.29 bits per heavy atom. The van der Waals surface area contributed by atoms with E-state index in [1.807, 2.05) is 0 Å². The molecule has 0 amide bonds. The lowest BCUT2D eigenvalue weighted by atomic mass is 9.95. The van der Waals surface area contributed by atoms with Gasteiger partial charge in [0.15, 0.2) is 5.82 Å². The SMILES string of the molecule is COCCn1nnnc1C1(N2CCCC2)CCN(S(=O)(=O)c2ccc(Cl)s2)C1. The van der Waals surface area contributed by atoms with Crippen LogP contribution in [-0.2, 0) is 26.8 Å². The number of hydrogen-bond donors (Lipinski definition) is 0. The van der Waals surface area contributed by atoms with Crippen molar-refractivity contribution in [3.8, 4) is 0 Å². The van der Waals surface area contributed by atoms with Crippen LogP contribution in [0.5, 0.6) is 0 Å². The minimum atomic E-state index is -3.60. The largest absolute Gasteiger partial charge is 0.383 e. The van der Waals surface area contributed by atoms with E-state index in [2.05, 4.69) is 20.4 Å². The van der Waals surface area contributed by atoms with Gasteiger partial charge in [0.25, 0.3) is 10.0 Å². The molecule has 0 spiro atoms. The normalized spacial score (nSPS) is 24.4. The van der Waals surface area contributed by atoms with Crippen molar-refractivity contribution >= 4 is 33.0 Å². The first-order valence-corrected chi connectivity index (χ1v) is 11.9. The maximum absolute atomic E-state index is 13.2. The van der Waals surface area contributed by atoms with Gasteiger partial charge >= 0.3 is 0 Å². The van der Waals surface area contributed by atoms with E-state index in [4.69, 9.17) is 16.3 Å². The predicted octanol–water partition coefficient (Wildman–Crippen LogP) is 1.42. The van der Waals surface area contributed by atoms with E-state index in [1.165, 1.54) is 0 Å². The second-order valence-corrected chi connectivity index (χ2v) is 11.0. The Morgan fingerprint density at radius 2 is 2.07 bits per heavy atom. The van der Waals surface area contributed by atoms with Gasteiger partial charge in [0, 0.05) is 20.2 Å². The third-order valence-electron chi connectivity index (χ3n) is 5.52. The lowest BCUT2D eigenvalue weighted by Crippen LogP contribution is -2.49. The van der Waals surface area contributed by atoms with Gasteiger partial charge in [-0.25, -0.2) is 13.1 Å². The molecule has 4 rings (SSSR count). The zero-order valence-corrected chi connectivity index (χ0v) is 18.0. The van der Waals surface area contributed by atoms with Crippen LogP contribution in [0, 0.1) is 0 Å². The molecule has 0 bridgehead atoms. The average Bonchev–Trinajstić information content (AvgIpc) is 3.46. The number of halogens is 1. The number of likely N-dealkylation sites (tertiary alicyclic amines) is 1. The van der Waals surface area contributed by atoms with E-state index in [-0.39, 0.29) is 4.21 Å². The standard InChI is InChI=1S/C16H23ClN6O3S2/c1-26-11-10-23-15(18-19-20-23)16(21-7-2-3-8-21)6-9-22(12-16)28(24,25)14-5-4-13(17)27-14/h4-5H,2-3,6-12H2,1H3. The van der Waals surface area contributed by atoms with E-state index in [0.717, 1.165) is 37.3 Å². The molecule has 0 N–H and O–H groups in total. The van der Waals surface area contributed by atoms with Gasteiger partial charge in [-0.15, -0.1) is 16.4 Å². The highest BCUT2D eigenvalue weighted by Gasteiger charge is 2.51. The summed E-state index contributed by atoms with van der Waals surface area (Å²) in [5.74, 6) is 0.716. The third kappa shape index (κ3) is 3.48. The molecule has 4 heterocycles. The summed E-state index contributed by atoms with van der Waals surface area (Å²) in [7, 11) is -1.97. The summed E-state index contributed by atoms with van der Waals surface area (Å²) in [6.45, 7) is 3.60.